The van der Waals surface area contributed by atoms with Crippen molar-refractivity contribution in [3.63, 3.8) is 0 Å². The first-order valence-electron chi connectivity index (χ1n) is 15.2. The molecule has 38 heavy (non-hydrogen) atoms. The standard InChI is InChI=1S/C31H51NO6/c1-29(2,19-33)32-26(34)12-13-28(37)38-22-14-16-31(4)21(18-22)8-10-23-24-11-9-20(6-5-7-27(35)36)30(24,3)17-15-25(23)31/h20-25,33H,5-19H2,1-4H3,(H,32,34)(H,35,36). The summed E-state index contributed by atoms with van der Waals surface area (Å²) < 4.78 is 5.87. The van der Waals surface area contributed by atoms with Crippen LogP contribution in [0.15, 0.2) is 0 Å². The van der Waals surface area contributed by atoms with E-state index < -0.39 is 11.5 Å². The number of esters is 1. The van der Waals surface area contributed by atoms with Crippen molar-refractivity contribution in [1.82, 2.24) is 5.32 Å². The third-order valence-electron chi connectivity index (χ3n) is 11.5. The number of nitrogens with one attached hydrogen (secondary N) is 1. The normalized spacial score (nSPS) is 38.4. The summed E-state index contributed by atoms with van der Waals surface area (Å²) in [6.07, 6.45) is 12.8. The van der Waals surface area contributed by atoms with Crippen LogP contribution < -0.4 is 5.32 Å². The van der Waals surface area contributed by atoms with E-state index in [2.05, 4.69) is 19.2 Å². The van der Waals surface area contributed by atoms with Crippen LogP contribution in [0, 0.1) is 40.4 Å². The summed E-state index contributed by atoms with van der Waals surface area (Å²) in [5.74, 6) is 2.34. The zero-order valence-corrected chi connectivity index (χ0v) is 24.1. The molecule has 0 aromatic heterocycles. The maximum atomic E-state index is 12.5. The van der Waals surface area contributed by atoms with Crippen molar-refractivity contribution in [2.75, 3.05) is 6.61 Å². The van der Waals surface area contributed by atoms with E-state index in [4.69, 9.17) is 9.84 Å². The third kappa shape index (κ3) is 6.08. The highest BCUT2D eigenvalue weighted by Gasteiger charge is 2.60. The number of hydrogen-bond donors (Lipinski definition) is 3. The van der Waals surface area contributed by atoms with Crippen LogP contribution in [-0.2, 0) is 19.1 Å². The Morgan fingerprint density at radius 1 is 0.921 bits per heavy atom. The quantitative estimate of drug-likeness (QED) is 0.321. The molecule has 4 rings (SSSR count). The van der Waals surface area contributed by atoms with Crippen LogP contribution in [0.2, 0.25) is 0 Å². The van der Waals surface area contributed by atoms with Crippen molar-refractivity contribution in [2.24, 2.45) is 40.4 Å². The average molecular weight is 534 g/mol. The van der Waals surface area contributed by atoms with Crippen molar-refractivity contribution < 1.29 is 29.3 Å². The molecule has 0 saturated heterocycles. The number of carboxylic acids is 1. The summed E-state index contributed by atoms with van der Waals surface area (Å²) in [5, 5.41) is 21.2. The average Bonchev–Trinajstić information content (AvgIpc) is 3.19. The molecule has 1 amide bonds. The van der Waals surface area contributed by atoms with E-state index >= 15 is 0 Å². The molecular formula is C31H51NO6. The Kier molecular flexibility index (Phi) is 8.86. The molecular weight excluding hydrogens is 482 g/mol. The molecule has 0 aliphatic heterocycles. The Morgan fingerprint density at radius 3 is 2.34 bits per heavy atom. The first kappa shape index (κ1) is 29.4. The van der Waals surface area contributed by atoms with Crippen LogP contribution >= 0.6 is 0 Å². The minimum absolute atomic E-state index is 0.0481. The zero-order chi connectivity index (χ0) is 27.7. The molecule has 0 heterocycles. The minimum atomic E-state index is -0.691. The maximum absolute atomic E-state index is 12.5. The van der Waals surface area contributed by atoms with Gasteiger partial charge in [-0.2, -0.15) is 0 Å². The minimum Gasteiger partial charge on any atom is -0.481 e. The van der Waals surface area contributed by atoms with Crippen LogP contribution in [0.25, 0.3) is 0 Å². The van der Waals surface area contributed by atoms with Gasteiger partial charge in [-0.15, -0.1) is 0 Å². The Hall–Kier alpha value is -1.63. The predicted octanol–water partition coefficient (Wildman–Crippen LogP) is 5.48. The van der Waals surface area contributed by atoms with E-state index in [0.29, 0.717) is 29.1 Å². The van der Waals surface area contributed by atoms with Gasteiger partial charge in [0.2, 0.25) is 5.91 Å². The monoisotopic (exact) mass is 533 g/mol. The molecule has 3 N–H and O–H groups in total. The molecule has 4 aliphatic rings. The van der Waals surface area contributed by atoms with Crippen LogP contribution in [0.5, 0.6) is 0 Å². The lowest BCUT2D eigenvalue weighted by Crippen LogP contribution is -2.54. The number of aliphatic hydroxyl groups excluding tert-OH is 1. The fourth-order valence-corrected chi connectivity index (χ4v) is 9.35. The summed E-state index contributed by atoms with van der Waals surface area (Å²) >= 11 is 0. The highest BCUT2D eigenvalue weighted by molar-refractivity contribution is 5.81. The molecule has 8 unspecified atom stereocenters. The lowest BCUT2D eigenvalue weighted by Gasteiger charge is -2.61. The van der Waals surface area contributed by atoms with Crippen LogP contribution in [-0.4, -0.2) is 46.3 Å². The van der Waals surface area contributed by atoms with Crippen molar-refractivity contribution in [3.05, 3.63) is 0 Å². The molecule has 8 atom stereocenters. The van der Waals surface area contributed by atoms with E-state index in [-0.39, 0.29) is 37.4 Å². The smallest absolute Gasteiger partial charge is 0.306 e. The first-order chi connectivity index (χ1) is 17.9. The summed E-state index contributed by atoms with van der Waals surface area (Å²) in [6.45, 7) is 8.37. The van der Waals surface area contributed by atoms with E-state index in [9.17, 15) is 19.5 Å². The molecule has 0 aromatic rings. The summed E-state index contributed by atoms with van der Waals surface area (Å²) in [7, 11) is 0. The number of aliphatic hydroxyl groups is 1. The number of hydrogen-bond acceptors (Lipinski definition) is 5. The number of ether oxygens (including phenoxy) is 1. The van der Waals surface area contributed by atoms with Crippen molar-refractivity contribution in [3.8, 4) is 0 Å². The molecule has 4 saturated carbocycles. The topological polar surface area (TPSA) is 113 Å². The number of carboxylic acid groups (broad SMARTS) is 1. The highest BCUT2D eigenvalue weighted by Crippen LogP contribution is 2.68. The number of carbonyl (C=O) groups excluding carboxylic acids is 2. The van der Waals surface area contributed by atoms with Gasteiger partial charge >= 0.3 is 11.9 Å². The second kappa shape index (κ2) is 11.5. The first-order valence-corrected chi connectivity index (χ1v) is 15.2. The highest BCUT2D eigenvalue weighted by atomic mass is 16.5. The number of fused-ring (bicyclic) bond motifs is 5. The summed E-state index contributed by atoms with van der Waals surface area (Å²) in [4.78, 5) is 35.7. The molecule has 0 spiro atoms. The van der Waals surface area contributed by atoms with Gasteiger partial charge in [0.25, 0.3) is 0 Å². The van der Waals surface area contributed by atoms with Gasteiger partial charge in [-0.05, 0) is 125 Å². The van der Waals surface area contributed by atoms with Gasteiger partial charge in [-0.25, -0.2) is 0 Å². The van der Waals surface area contributed by atoms with Crippen LogP contribution in [0.4, 0.5) is 0 Å². The Labute approximate surface area is 228 Å². The predicted molar refractivity (Wildman–Crippen MR) is 145 cm³/mol. The largest absolute Gasteiger partial charge is 0.481 e. The molecule has 4 aliphatic carbocycles. The summed E-state index contributed by atoms with van der Waals surface area (Å²) in [6, 6.07) is 0. The van der Waals surface area contributed by atoms with Gasteiger partial charge in [0.15, 0.2) is 0 Å². The SMILES string of the molecule is CC(C)(CO)NC(=O)CCC(=O)OC1CCC2(C)C(CCC3C4CCC(CCCC(=O)O)C4(C)CCC32)C1. The van der Waals surface area contributed by atoms with Crippen LogP contribution in [0.1, 0.15) is 118 Å². The summed E-state index contributed by atoms with van der Waals surface area (Å²) in [5.41, 5.74) is -0.0113. The molecule has 0 aromatic carbocycles. The Balaban J connectivity index is 1.29. The lowest BCUT2D eigenvalue weighted by atomic mass is 9.44. The molecule has 0 radical (unpaired) electrons. The fraction of sp³-hybridized carbons (Fsp3) is 0.903. The zero-order valence-electron chi connectivity index (χ0n) is 24.1. The second-order valence-electron chi connectivity index (χ2n) is 14.2. The van der Waals surface area contributed by atoms with Crippen molar-refractivity contribution >= 4 is 17.8 Å². The van der Waals surface area contributed by atoms with Gasteiger partial charge in [0.05, 0.1) is 18.6 Å². The lowest BCUT2D eigenvalue weighted by molar-refractivity contribution is -0.163. The maximum Gasteiger partial charge on any atom is 0.306 e. The van der Waals surface area contributed by atoms with Gasteiger partial charge < -0.3 is 20.3 Å². The molecule has 7 heteroatoms. The Bertz CT molecular complexity index is 888. The van der Waals surface area contributed by atoms with Gasteiger partial charge in [0.1, 0.15) is 6.10 Å². The number of aliphatic carboxylic acids is 1. The third-order valence-corrected chi connectivity index (χ3v) is 11.5. The van der Waals surface area contributed by atoms with Crippen molar-refractivity contribution in [2.45, 2.75) is 129 Å². The van der Waals surface area contributed by atoms with Gasteiger partial charge in [0, 0.05) is 12.8 Å². The van der Waals surface area contributed by atoms with E-state index in [0.717, 1.165) is 49.9 Å². The van der Waals surface area contributed by atoms with E-state index in [1.165, 1.54) is 38.5 Å². The molecule has 4 fully saturated rings. The molecule has 216 valence electrons. The number of carbonyl (C=O) groups is 3. The van der Waals surface area contributed by atoms with Crippen LogP contribution in [0.3, 0.4) is 0 Å². The second-order valence-corrected chi connectivity index (χ2v) is 14.2. The fourth-order valence-electron chi connectivity index (χ4n) is 9.35. The molecule has 7 nitrogen and oxygen atoms in total. The number of amides is 1. The van der Waals surface area contributed by atoms with E-state index in [1.54, 1.807) is 13.8 Å². The van der Waals surface area contributed by atoms with E-state index in [1.807, 2.05) is 0 Å². The molecule has 0 bridgehead atoms. The van der Waals surface area contributed by atoms with Crippen molar-refractivity contribution in [1.29, 1.82) is 0 Å². The van der Waals surface area contributed by atoms with Gasteiger partial charge in [-0.1, -0.05) is 13.8 Å². The number of rotatable bonds is 10. The van der Waals surface area contributed by atoms with Gasteiger partial charge in [-0.3, -0.25) is 14.4 Å². The Morgan fingerprint density at radius 2 is 1.63 bits per heavy atom.